The number of anilines is 2. The molecular weight excluding hydrogens is 758 g/mol. The number of hydrogen-bond acceptors (Lipinski definition) is 10. The van der Waals surface area contributed by atoms with E-state index in [1.165, 1.54) is 12.3 Å². The molecule has 0 unspecified atom stereocenters. The van der Waals surface area contributed by atoms with Crippen molar-refractivity contribution < 1.29 is 27.8 Å². The molecule has 1 saturated heterocycles. The summed E-state index contributed by atoms with van der Waals surface area (Å²) in [6.07, 6.45) is 6.15. The van der Waals surface area contributed by atoms with Crippen LogP contribution in [-0.4, -0.2) is 106 Å². The fourth-order valence-electron chi connectivity index (χ4n) is 7.50. The SMILES string of the molecule is COCC1(CN(C)c2cc(-c3cnc(C4CC4)c(C(F)(F)F)c3)nc3nc(-c4cnc(N5CCN(CCC(=O)O)CC5)cn4)[nH]c23)CCCC1.Cl.Cl.Cl. The van der Waals surface area contributed by atoms with Crippen LogP contribution in [0.25, 0.3) is 33.9 Å². The highest BCUT2D eigenvalue weighted by molar-refractivity contribution is 5.91. The van der Waals surface area contributed by atoms with Crippen molar-refractivity contribution in [2.24, 2.45) is 5.41 Å². The molecule has 290 valence electrons. The van der Waals surface area contributed by atoms with Crippen molar-refractivity contribution in [3.63, 3.8) is 0 Å². The molecule has 12 nitrogen and oxygen atoms in total. The van der Waals surface area contributed by atoms with Gasteiger partial charge in [0.05, 0.1) is 48.1 Å². The van der Waals surface area contributed by atoms with E-state index in [-0.39, 0.29) is 66.2 Å². The number of halogens is 6. The first kappa shape index (κ1) is 42.2. The van der Waals surface area contributed by atoms with Crippen LogP contribution in [0.2, 0.25) is 0 Å². The average molecular weight is 803 g/mol. The molecule has 2 aliphatic carbocycles. The molecule has 53 heavy (non-hydrogen) atoms. The van der Waals surface area contributed by atoms with Gasteiger partial charge in [0.1, 0.15) is 17.0 Å². The van der Waals surface area contributed by atoms with Crippen LogP contribution in [0, 0.1) is 5.41 Å². The Bertz CT molecular complexity index is 1850. The van der Waals surface area contributed by atoms with Crippen molar-refractivity contribution in [1.29, 1.82) is 0 Å². The monoisotopic (exact) mass is 801 g/mol. The fraction of sp³-hybridized carbons (Fsp3) is 0.543. The normalized spacial score (nSPS) is 17.2. The molecule has 7 rings (SSSR count). The molecule has 0 bridgehead atoms. The van der Waals surface area contributed by atoms with Gasteiger partial charge in [0.15, 0.2) is 11.5 Å². The zero-order valence-electron chi connectivity index (χ0n) is 29.6. The van der Waals surface area contributed by atoms with Crippen molar-refractivity contribution in [1.82, 2.24) is 34.8 Å². The summed E-state index contributed by atoms with van der Waals surface area (Å²) in [5, 5.41) is 8.99. The first-order valence-electron chi connectivity index (χ1n) is 17.2. The number of alkyl halides is 3. The molecule has 2 saturated carbocycles. The molecule has 0 amide bonds. The molecule has 0 spiro atoms. The van der Waals surface area contributed by atoms with Crippen LogP contribution in [0.4, 0.5) is 24.7 Å². The highest BCUT2D eigenvalue weighted by atomic mass is 35.5. The summed E-state index contributed by atoms with van der Waals surface area (Å²) in [5.41, 5.74) is 2.26. The smallest absolute Gasteiger partial charge is 0.418 e. The van der Waals surface area contributed by atoms with Gasteiger partial charge < -0.3 is 24.6 Å². The number of nitrogens with one attached hydrogen (secondary N) is 1. The minimum atomic E-state index is -4.53. The van der Waals surface area contributed by atoms with E-state index in [0.717, 1.165) is 44.5 Å². The van der Waals surface area contributed by atoms with Crippen molar-refractivity contribution in [3.05, 3.63) is 42.0 Å². The zero-order valence-corrected chi connectivity index (χ0v) is 32.0. The molecule has 3 fully saturated rings. The van der Waals surface area contributed by atoms with Gasteiger partial charge in [-0.2, -0.15) is 13.2 Å². The number of carboxylic acid groups (broad SMARTS) is 1. The van der Waals surface area contributed by atoms with Gasteiger partial charge in [-0.1, -0.05) is 12.8 Å². The van der Waals surface area contributed by atoms with Gasteiger partial charge in [-0.25, -0.2) is 19.9 Å². The van der Waals surface area contributed by atoms with Gasteiger partial charge >= 0.3 is 12.1 Å². The lowest BCUT2D eigenvalue weighted by Crippen LogP contribution is -2.47. The maximum absolute atomic E-state index is 14.2. The van der Waals surface area contributed by atoms with Crippen LogP contribution < -0.4 is 9.80 Å². The number of rotatable bonds is 12. The standard InChI is InChI=1S/C35H42F3N9O3.3ClH/c1-45(20-34(21-50-2)8-3-4-9-34)27-16-25(23-15-24(35(36,37)38)30(41-17-23)22-5-6-22)42-33-31(27)43-32(44-33)26-18-40-28(19-39-26)47-13-11-46(12-14-47)10-7-29(48)49;;;/h15-19,22H,3-14,20-21H2,1-2H3,(H,48,49)(H,42,43,44);3*1H. The minimum absolute atomic E-state index is 0. The topological polar surface area (TPSA) is 136 Å². The van der Waals surface area contributed by atoms with E-state index in [9.17, 15) is 18.0 Å². The van der Waals surface area contributed by atoms with Crippen LogP contribution in [-0.2, 0) is 15.7 Å². The number of carbonyl (C=O) groups is 1. The van der Waals surface area contributed by atoms with Crippen LogP contribution in [0.3, 0.4) is 0 Å². The quantitative estimate of drug-likeness (QED) is 0.155. The lowest BCUT2D eigenvalue weighted by atomic mass is 9.86. The highest BCUT2D eigenvalue weighted by Crippen LogP contribution is 2.46. The number of H-pyrrole nitrogens is 1. The Morgan fingerprint density at radius 2 is 1.72 bits per heavy atom. The fourth-order valence-corrected chi connectivity index (χ4v) is 7.50. The number of ether oxygens (including phenoxy) is 1. The minimum Gasteiger partial charge on any atom is -0.481 e. The molecule has 4 aromatic heterocycles. The number of carboxylic acids is 1. The molecule has 0 aromatic carbocycles. The first-order chi connectivity index (χ1) is 24.0. The number of imidazole rings is 1. The predicted octanol–water partition coefficient (Wildman–Crippen LogP) is 6.88. The lowest BCUT2D eigenvalue weighted by molar-refractivity contribution is -0.139. The molecule has 18 heteroatoms. The maximum atomic E-state index is 14.2. The summed E-state index contributed by atoms with van der Waals surface area (Å²) in [6, 6.07) is 2.99. The molecular formula is C35H45Cl3F3N9O3. The maximum Gasteiger partial charge on any atom is 0.418 e. The summed E-state index contributed by atoms with van der Waals surface area (Å²) in [4.78, 5) is 43.9. The van der Waals surface area contributed by atoms with E-state index in [1.807, 2.05) is 13.1 Å². The Morgan fingerprint density at radius 3 is 2.32 bits per heavy atom. The third kappa shape index (κ3) is 9.42. The Labute approximate surface area is 324 Å². The highest BCUT2D eigenvalue weighted by Gasteiger charge is 2.40. The third-order valence-corrected chi connectivity index (χ3v) is 10.2. The number of nitrogens with zero attached hydrogens (tertiary/aromatic N) is 8. The number of aromatic amines is 1. The largest absolute Gasteiger partial charge is 0.481 e. The van der Waals surface area contributed by atoms with Crippen LogP contribution in [0.5, 0.6) is 0 Å². The van der Waals surface area contributed by atoms with E-state index < -0.39 is 17.7 Å². The van der Waals surface area contributed by atoms with E-state index in [4.69, 9.17) is 19.8 Å². The lowest BCUT2D eigenvalue weighted by Gasteiger charge is -2.34. The van der Waals surface area contributed by atoms with Gasteiger partial charge in [-0.15, -0.1) is 37.2 Å². The number of hydrogen-bond donors (Lipinski definition) is 2. The number of aromatic nitrogens is 6. The molecule has 4 aromatic rings. The van der Waals surface area contributed by atoms with Crippen molar-refractivity contribution >= 4 is 65.9 Å². The number of pyridine rings is 2. The molecule has 0 radical (unpaired) electrons. The summed E-state index contributed by atoms with van der Waals surface area (Å²) in [6.45, 7) is 4.71. The van der Waals surface area contributed by atoms with E-state index in [0.29, 0.717) is 79.8 Å². The number of piperazine rings is 1. The number of fused-ring (bicyclic) bond motifs is 1. The Morgan fingerprint density at radius 1 is 1.00 bits per heavy atom. The van der Waals surface area contributed by atoms with Gasteiger partial charge in [-0.3, -0.25) is 14.7 Å². The summed E-state index contributed by atoms with van der Waals surface area (Å²) < 4.78 is 48.3. The molecule has 1 aliphatic heterocycles. The van der Waals surface area contributed by atoms with Gasteiger partial charge in [-0.05, 0) is 37.8 Å². The third-order valence-electron chi connectivity index (χ3n) is 10.2. The van der Waals surface area contributed by atoms with Crippen molar-refractivity contribution in [3.8, 4) is 22.8 Å². The van der Waals surface area contributed by atoms with Crippen molar-refractivity contribution in [2.75, 3.05) is 69.8 Å². The van der Waals surface area contributed by atoms with Crippen LogP contribution >= 0.6 is 37.2 Å². The van der Waals surface area contributed by atoms with Crippen molar-refractivity contribution in [2.45, 2.75) is 57.0 Å². The summed E-state index contributed by atoms with van der Waals surface area (Å²) in [7, 11) is 3.70. The van der Waals surface area contributed by atoms with Crippen LogP contribution in [0.15, 0.2) is 30.7 Å². The van der Waals surface area contributed by atoms with Gasteiger partial charge in [0.25, 0.3) is 0 Å². The summed E-state index contributed by atoms with van der Waals surface area (Å²) in [5.74, 6) is 0.202. The second-order valence-corrected chi connectivity index (χ2v) is 14.0. The second-order valence-electron chi connectivity index (χ2n) is 14.0. The van der Waals surface area contributed by atoms with Gasteiger partial charge in [0.2, 0.25) is 0 Å². The zero-order chi connectivity index (χ0) is 35.0. The molecule has 5 heterocycles. The Hall–Kier alpha value is -3.50. The van der Waals surface area contributed by atoms with E-state index in [1.54, 1.807) is 19.5 Å². The second kappa shape index (κ2) is 17.3. The summed E-state index contributed by atoms with van der Waals surface area (Å²) >= 11 is 0. The molecule has 2 N–H and O–H groups in total. The van der Waals surface area contributed by atoms with E-state index >= 15 is 0 Å². The number of aliphatic carboxylic acids is 1. The first-order valence-corrected chi connectivity index (χ1v) is 17.2. The van der Waals surface area contributed by atoms with Gasteiger partial charge in [0, 0.05) is 76.5 Å². The molecule has 0 atom stereocenters. The number of methoxy groups -OCH3 is 1. The molecule has 3 aliphatic rings. The predicted molar refractivity (Wildman–Crippen MR) is 204 cm³/mol. The Balaban J connectivity index is 0.00000209. The van der Waals surface area contributed by atoms with Crippen LogP contribution in [0.1, 0.15) is 62.1 Å². The average Bonchev–Trinajstić information content (AvgIpc) is 3.70. The Kier molecular flexibility index (Phi) is 13.8. The van der Waals surface area contributed by atoms with E-state index in [2.05, 4.69) is 34.6 Å².